The average Bonchev–Trinajstić information content (AvgIpc) is 2.40. The van der Waals surface area contributed by atoms with Crippen molar-refractivity contribution in [1.82, 2.24) is 10.3 Å². The van der Waals surface area contributed by atoms with Crippen molar-refractivity contribution < 1.29 is 9.53 Å². The van der Waals surface area contributed by atoms with Gasteiger partial charge in [0.1, 0.15) is 6.10 Å². The molecule has 1 aromatic heterocycles. The summed E-state index contributed by atoms with van der Waals surface area (Å²) >= 11 is 0. The number of hydrogen-bond donors (Lipinski definition) is 1. The van der Waals surface area contributed by atoms with Crippen LogP contribution in [0.3, 0.4) is 0 Å². The first-order valence-electron chi connectivity index (χ1n) is 6.09. The van der Waals surface area contributed by atoms with Crippen LogP contribution in [0.1, 0.15) is 31.6 Å². The monoisotopic (exact) mass is 234 g/mol. The molecule has 0 radical (unpaired) electrons. The number of hydrogen-bond acceptors (Lipinski definition) is 4. The van der Waals surface area contributed by atoms with Gasteiger partial charge < -0.3 is 10.1 Å². The number of esters is 1. The third-order valence-electron chi connectivity index (χ3n) is 3.07. The first-order chi connectivity index (χ1) is 8.27. The van der Waals surface area contributed by atoms with E-state index in [1.807, 2.05) is 25.1 Å². The number of aromatic nitrogens is 1. The van der Waals surface area contributed by atoms with Gasteiger partial charge in [-0.2, -0.15) is 0 Å². The van der Waals surface area contributed by atoms with Crippen LogP contribution in [0.5, 0.6) is 0 Å². The van der Waals surface area contributed by atoms with E-state index >= 15 is 0 Å². The molecular weight excluding hydrogens is 216 g/mol. The van der Waals surface area contributed by atoms with E-state index in [4.69, 9.17) is 4.74 Å². The van der Waals surface area contributed by atoms with Crippen LogP contribution in [0.15, 0.2) is 24.4 Å². The lowest BCUT2D eigenvalue weighted by Crippen LogP contribution is -2.33. The Morgan fingerprint density at radius 1 is 1.47 bits per heavy atom. The first-order valence-corrected chi connectivity index (χ1v) is 6.09. The molecule has 1 fully saturated rings. The second kappa shape index (κ2) is 5.77. The predicted octanol–water partition coefficient (Wildman–Crippen LogP) is 1.69. The maximum Gasteiger partial charge on any atom is 0.309 e. The maximum atomic E-state index is 11.9. The number of nitrogens with one attached hydrogen (secondary N) is 1. The second-order valence-corrected chi connectivity index (χ2v) is 4.36. The molecule has 1 saturated heterocycles. The van der Waals surface area contributed by atoms with Gasteiger partial charge >= 0.3 is 5.97 Å². The van der Waals surface area contributed by atoms with E-state index in [9.17, 15) is 4.79 Å². The molecule has 1 aromatic rings. The molecule has 1 unspecified atom stereocenters. The van der Waals surface area contributed by atoms with E-state index in [2.05, 4.69) is 10.3 Å². The summed E-state index contributed by atoms with van der Waals surface area (Å²) in [6, 6.07) is 5.63. The Hall–Kier alpha value is -1.42. The molecule has 1 aliphatic heterocycles. The number of ether oxygens (including phenoxy) is 1. The van der Waals surface area contributed by atoms with E-state index in [1.54, 1.807) is 6.20 Å². The number of pyridine rings is 1. The van der Waals surface area contributed by atoms with Gasteiger partial charge in [0.2, 0.25) is 0 Å². The van der Waals surface area contributed by atoms with Crippen LogP contribution in [0.4, 0.5) is 0 Å². The van der Waals surface area contributed by atoms with Crippen molar-refractivity contribution in [3.63, 3.8) is 0 Å². The van der Waals surface area contributed by atoms with Crippen LogP contribution in [0.2, 0.25) is 0 Å². The van der Waals surface area contributed by atoms with Crippen LogP contribution in [-0.2, 0) is 9.53 Å². The molecule has 2 rings (SSSR count). The lowest BCUT2D eigenvalue weighted by molar-refractivity contribution is -0.154. The number of carbonyl (C=O) groups is 1. The zero-order chi connectivity index (χ0) is 12.1. The molecule has 0 aromatic carbocycles. The fourth-order valence-electron chi connectivity index (χ4n) is 2.00. The summed E-state index contributed by atoms with van der Waals surface area (Å²) in [6.45, 7) is 3.66. The lowest BCUT2D eigenvalue weighted by Gasteiger charge is -2.22. The van der Waals surface area contributed by atoms with Gasteiger partial charge in [0, 0.05) is 6.20 Å². The average molecular weight is 234 g/mol. The van der Waals surface area contributed by atoms with Gasteiger partial charge in [0.15, 0.2) is 0 Å². The SMILES string of the molecule is CC(OC(=O)C1CCNCC1)c1ccccn1. The number of piperidine rings is 1. The fourth-order valence-corrected chi connectivity index (χ4v) is 2.00. The van der Waals surface area contributed by atoms with Crippen LogP contribution < -0.4 is 5.32 Å². The Morgan fingerprint density at radius 2 is 2.24 bits per heavy atom. The molecule has 4 nitrogen and oxygen atoms in total. The van der Waals surface area contributed by atoms with E-state index in [0.717, 1.165) is 31.6 Å². The maximum absolute atomic E-state index is 11.9. The normalized spacial score (nSPS) is 18.6. The summed E-state index contributed by atoms with van der Waals surface area (Å²) in [6.07, 6.45) is 3.18. The van der Waals surface area contributed by atoms with Crippen LogP contribution in [-0.4, -0.2) is 24.0 Å². The Bertz CT molecular complexity index is 361. The molecule has 0 saturated carbocycles. The minimum Gasteiger partial charge on any atom is -0.456 e. The van der Waals surface area contributed by atoms with Gasteiger partial charge in [-0.15, -0.1) is 0 Å². The second-order valence-electron chi connectivity index (χ2n) is 4.36. The van der Waals surface area contributed by atoms with Crippen molar-refractivity contribution in [1.29, 1.82) is 0 Å². The highest BCUT2D eigenvalue weighted by molar-refractivity contribution is 5.72. The van der Waals surface area contributed by atoms with Crippen molar-refractivity contribution in [2.75, 3.05) is 13.1 Å². The van der Waals surface area contributed by atoms with Crippen molar-refractivity contribution in [3.05, 3.63) is 30.1 Å². The number of nitrogens with zero attached hydrogens (tertiary/aromatic N) is 1. The number of carbonyl (C=O) groups excluding carboxylic acids is 1. The molecule has 0 aliphatic carbocycles. The Balaban J connectivity index is 1.89. The summed E-state index contributed by atoms with van der Waals surface area (Å²) in [5.74, 6) is -0.0490. The van der Waals surface area contributed by atoms with Gasteiger partial charge in [-0.1, -0.05) is 6.07 Å². The Kier molecular flexibility index (Phi) is 4.09. The van der Waals surface area contributed by atoms with Crippen LogP contribution >= 0.6 is 0 Å². The highest BCUT2D eigenvalue weighted by Crippen LogP contribution is 2.19. The third kappa shape index (κ3) is 3.27. The molecule has 0 bridgehead atoms. The van der Waals surface area contributed by atoms with Gasteiger partial charge in [0.05, 0.1) is 11.6 Å². The summed E-state index contributed by atoms with van der Waals surface area (Å²) in [5.41, 5.74) is 0.801. The van der Waals surface area contributed by atoms with E-state index in [1.165, 1.54) is 0 Å². The minimum absolute atomic E-state index is 0.0439. The Labute approximate surface area is 101 Å². The van der Waals surface area contributed by atoms with Gasteiger partial charge in [-0.3, -0.25) is 9.78 Å². The molecule has 2 heterocycles. The molecular formula is C13H18N2O2. The largest absolute Gasteiger partial charge is 0.456 e. The van der Waals surface area contributed by atoms with Crippen molar-refractivity contribution in [2.24, 2.45) is 5.92 Å². The molecule has 0 spiro atoms. The smallest absolute Gasteiger partial charge is 0.309 e. The molecule has 1 N–H and O–H groups in total. The standard InChI is InChI=1S/C13H18N2O2/c1-10(12-4-2-3-7-15-12)17-13(16)11-5-8-14-9-6-11/h2-4,7,10-11,14H,5-6,8-9H2,1H3. The molecule has 92 valence electrons. The Morgan fingerprint density at radius 3 is 2.88 bits per heavy atom. The van der Waals surface area contributed by atoms with Crippen molar-refractivity contribution in [2.45, 2.75) is 25.9 Å². The quantitative estimate of drug-likeness (QED) is 0.808. The minimum atomic E-state index is -0.265. The molecule has 1 aliphatic rings. The summed E-state index contributed by atoms with van der Waals surface area (Å²) in [7, 11) is 0. The van der Waals surface area contributed by atoms with E-state index in [-0.39, 0.29) is 18.0 Å². The van der Waals surface area contributed by atoms with Crippen LogP contribution in [0.25, 0.3) is 0 Å². The predicted molar refractivity (Wildman–Crippen MR) is 64.3 cm³/mol. The highest BCUT2D eigenvalue weighted by Gasteiger charge is 2.24. The van der Waals surface area contributed by atoms with Gasteiger partial charge in [0.25, 0.3) is 0 Å². The number of rotatable bonds is 3. The van der Waals surface area contributed by atoms with E-state index < -0.39 is 0 Å². The van der Waals surface area contributed by atoms with Crippen molar-refractivity contribution in [3.8, 4) is 0 Å². The molecule has 1 atom stereocenters. The zero-order valence-electron chi connectivity index (χ0n) is 10.1. The fraction of sp³-hybridized carbons (Fsp3) is 0.538. The zero-order valence-corrected chi connectivity index (χ0v) is 10.1. The highest BCUT2D eigenvalue weighted by atomic mass is 16.5. The molecule has 17 heavy (non-hydrogen) atoms. The van der Waals surface area contributed by atoms with Crippen molar-refractivity contribution >= 4 is 5.97 Å². The lowest BCUT2D eigenvalue weighted by atomic mass is 9.98. The van der Waals surface area contributed by atoms with E-state index in [0.29, 0.717) is 0 Å². The van der Waals surface area contributed by atoms with Crippen LogP contribution in [0, 0.1) is 5.92 Å². The molecule has 4 heteroatoms. The summed E-state index contributed by atoms with van der Waals surface area (Å²) in [5, 5.41) is 3.23. The first kappa shape index (κ1) is 12.0. The summed E-state index contributed by atoms with van der Waals surface area (Å²) in [4.78, 5) is 16.1. The van der Waals surface area contributed by atoms with Gasteiger partial charge in [-0.25, -0.2) is 0 Å². The third-order valence-corrected chi connectivity index (χ3v) is 3.07. The summed E-state index contributed by atoms with van der Waals surface area (Å²) < 4.78 is 5.45. The van der Waals surface area contributed by atoms with Gasteiger partial charge in [-0.05, 0) is 45.0 Å². The topological polar surface area (TPSA) is 51.2 Å². The molecule has 0 amide bonds.